The van der Waals surface area contributed by atoms with Gasteiger partial charge in [0.1, 0.15) is 0 Å². The Morgan fingerprint density at radius 2 is 1.70 bits per heavy atom. The molecule has 134 valence electrons. The third-order valence-electron chi connectivity index (χ3n) is 5.87. The second-order valence-electron chi connectivity index (χ2n) is 8.76. The summed E-state index contributed by atoms with van der Waals surface area (Å²) < 4.78 is 0. The molecule has 3 heteroatoms. The number of piperidine rings is 1. The van der Waals surface area contributed by atoms with Crippen LogP contribution in [0.3, 0.4) is 0 Å². The van der Waals surface area contributed by atoms with E-state index in [0.717, 1.165) is 43.7 Å². The van der Waals surface area contributed by atoms with Crippen molar-refractivity contribution in [2.75, 3.05) is 33.2 Å². The van der Waals surface area contributed by atoms with E-state index in [2.05, 4.69) is 37.6 Å². The molecule has 1 unspecified atom stereocenters. The Hall–Kier alpha value is -0.570. The van der Waals surface area contributed by atoms with Gasteiger partial charge in [-0.05, 0) is 69.5 Å². The molecule has 0 aromatic rings. The first-order valence-corrected chi connectivity index (χ1v) is 9.90. The Morgan fingerprint density at radius 1 is 1.04 bits per heavy atom. The van der Waals surface area contributed by atoms with Crippen LogP contribution >= 0.6 is 0 Å². The van der Waals surface area contributed by atoms with Crippen molar-refractivity contribution in [2.45, 2.75) is 65.7 Å². The van der Waals surface area contributed by atoms with Crippen LogP contribution in [0.1, 0.15) is 65.7 Å². The maximum absolute atomic E-state index is 12.2. The topological polar surface area (TPSA) is 23.6 Å². The molecule has 0 aromatic carbocycles. The summed E-state index contributed by atoms with van der Waals surface area (Å²) >= 11 is 0. The molecule has 0 N–H and O–H groups in total. The largest absolute Gasteiger partial charge is 0.342 e. The van der Waals surface area contributed by atoms with Crippen LogP contribution in [0.5, 0.6) is 0 Å². The molecule has 2 rings (SSSR count). The summed E-state index contributed by atoms with van der Waals surface area (Å²) in [6.07, 6.45) is 8.53. The Morgan fingerprint density at radius 3 is 2.30 bits per heavy atom. The molecule has 1 atom stereocenters. The summed E-state index contributed by atoms with van der Waals surface area (Å²) in [6.45, 7) is 11.4. The summed E-state index contributed by atoms with van der Waals surface area (Å²) in [5.74, 6) is 3.55. The first kappa shape index (κ1) is 18.8. The molecule has 0 aromatic heterocycles. The van der Waals surface area contributed by atoms with E-state index < -0.39 is 0 Å². The molecule has 1 amide bonds. The molecule has 23 heavy (non-hydrogen) atoms. The minimum Gasteiger partial charge on any atom is -0.342 e. The summed E-state index contributed by atoms with van der Waals surface area (Å²) in [4.78, 5) is 16.7. The zero-order chi connectivity index (χ0) is 16.8. The van der Waals surface area contributed by atoms with E-state index in [1.165, 1.54) is 45.2 Å². The first-order valence-electron chi connectivity index (χ1n) is 9.90. The molecule has 2 fully saturated rings. The second-order valence-corrected chi connectivity index (χ2v) is 8.76. The van der Waals surface area contributed by atoms with E-state index in [0.29, 0.717) is 11.8 Å². The van der Waals surface area contributed by atoms with Crippen LogP contribution < -0.4 is 0 Å². The van der Waals surface area contributed by atoms with Crippen molar-refractivity contribution in [3.05, 3.63) is 0 Å². The van der Waals surface area contributed by atoms with Crippen LogP contribution in [0.25, 0.3) is 0 Å². The number of hydrogen-bond acceptors (Lipinski definition) is 2. The number of nitrogens with zero attached hydrogens (tertiary/aromatic N) is 2. The lowest BCUT2D eigenvalue weighted by Gasteiger charge is -2.40. The Labute approximate surface area is 143 Å². The number of rotatable bonds is 8. The third kappa shape index (κ3) is 6.45. The van der Waals surface area contributed by atoms with Crippen molar-refractivity contribution in [1.29, 1.82) is 0 Å². The fourth-order valence-electron chi connectivity index (χ4n) is 4.13. The van der Waals surface area contributed by atoms with Gasteiger partial charge in [0.15, 0.2) is 0 Å². The number of likely N-dealkylation sites (tertiary alicyclic amines) is 2. The molecule has 2 aliphatic heterocycles. The van der Waals surface area contributed by atoms with E-state index in [1.807, 2.05) is 0 Å². The van der Waals surface area contributed by atoms with Gasteiger partial charge in [-0.2, -0.15) is 0 Å². The fourth-order valence-corrected chi connectivity index (χ4v) is 4.13. The second kappa shape index (κ2) is 9.05. The van der Waals surface area contributed by atoms with Gasteiger partial charge < -0.3 is 9.80 Å². The minimum absolute atomic E-state index is 0.399. The first-order chi connectivity index (χ1) is 10.9. The normalized spacial score (nSPS) is 22.4. The smallest absolute Gasteiger partial charge is 0.222 e. The number of carbonyl (C=O) groups excluding carboxylic acids is 1. The third-order valence-corrected chi connectivity index (χ3v) is 5.87. The summed E-state index contributed by atoms with van der Waals surface area (Å²) in [5.41, 5.74) is 0. The summed E-state index contributed by atoms with van der Waals surface area (Å²) in [6, 6.07) is 0. The zero-order valence-corrected chi connectivity index (χ0v) is 15.9. The molecule has 0 bridgehead atoms. The molecule has 0 spiro atoms. The molecule has 3 nitrogen and oxygen atoms in total. The molecule has 0 aliphatic carbocycles. The molecule has 2 heterocycles. The van der Waals surface area contributed by atoms with E-state index in [1.54, 1.807) is 0 Å². The summed E-state index contributed by atoms with van der Waals surface area (Å²) in [7, 11) is 2.23. The number of hydrogen-bond donors (Lipinski definition) is 0. The standard InChI is InChI=1S/C20H38N2O/c1-16(2)13-19-14-22(15-19)20(23)8-6-17(3)5-7-18-9-11-21(4)12-10-18/h16-19H,5-15H2,1-4H3. The van der Waals surface area contributed by atoms with Crippen molar-refractivity contribution in [2.24, 2.45) is 23.7 Å². The van der Waals surface area contributed by atoms with Crippen LogP contribution in [0.15, 0.2) is 0 Å². The minimum atomic E-state index is 0.399. The monoisotopic (exact) mass is 322 g/mol. The maximum atomic E-state index is 12.2. The fraction of sp³-hybridized carbons (Fsp3) is 0.950. The van der Waals surface area contributed by atoms with Gasteiger partial charge in [0.2, 0.25) is 5.91 Å². The van der Waals surface area contributed by atoms with Crippen LogP contribution in [0, 0.1) is 23.7 Å². The van der Waals surface area contributed by atoms with Gasteiger partial charge in [-0.3, -0.25) is 4.79 Å². The lowest BCUT2D eigenvalue weighted by atomic mass is 9.87. The SMILES string of the molecule is CC(C)CC1CN(C(=O)CCC(C)CCC2CCN(C)CC2)C1. The van der Waals surface area contributed by atoms with Crippen LogP contribution in [-0.4, -0.2) is 48.9 Å². The molecular formula is C20H38N2O. The van der Waals surface area contributed by atoms with Crippen molar-refractivity contribution in [1.82, 2.24) is 9.80 Å². The zero-order valence-electron chi connectivity index (χ0n) is 15.9. The van der Waals surface area contributed by atoms with E-state index in [9.17, 15) is 4.79 Å². The molecule has 2 aliphatic rings. The van der Waals surface area contributed by atoms with E-state index in [-0.39, 0.29) is 0 Å². The van der Waals surface area contributed by atoms with Crippen LogP contribution in [0.4, 0.5) is 0 Å². The van der Waals surface area contributed by atoms with Crippen LogP contribution in [0.2, 0.25) is 0 Å². The molecule has 0 saturated carbocycles. The molecule has 0 radical (unpaired) electrons. The molecular weight excluding hydrogens is 284 g/mol. The van der Waals surface area contributed by atoms with Crippen molar-refractivity contribution in [3.8, 4) is 0 Å². The number of carbonyl (C=O) groups is 1. The lowest BCUT2D eigenvalue weighted by molar-refractivity contribution is -0.138. The van der Waals surface area contributed by atoms with Crippen molar-refractivity contribution < 1.29 is 4.79 Å². The van der Waals surface area contributed by atoms with Gasteiger partial charge in [-0.1, -0.05) is 33.6 Å². The lowest BCUT2D eigenvalue weighted by Crippen LogP contribution is -2.50. The predicted octanol–water partition coefficient (Wildman–Crippen LogP) is 4.03. The van der Waals surface area contributed by atoms with E-state index >= 15 is 0 Å². The highest BCUT2D eigenvalue weighted by Gasteiger charge is 2.30. The predicted molar refractivity (Wildman–Crippen MR) is 97.4 cm³/mol. The quantitative estimate of drug-likeness (QED) is 0.673. The van der Waals surface area contributed by atoms with E-state index in [4.69, 9.17) is 0 Å². The average molecular weight is 323 g/mol. The Kier molecular flexibility index (Phi) is 7.39. The van der Waals surface area contributed by atoms with Gasteiger partial charge in [-0.25, -0.2) is 0 Å². The summed E-state index contributed by atoms with van der Waals surface area (Å²) in [5, 5.41) is 0. The van der Waals surface area contributed by atoms with Crippen molar-refractivity contribution >= 4 is 5.91 Å². The highest BCUT2D eigenvalue weighted by Crippen LogP contribution is 2.26. The van der Waals surface area contributed by atoms with Gasteiger partial charge in [-0.15, -0.1) is 0 Å². The maximum Gasteiger partial charge on any atom is 0.222 e. The Bertz CT molecular complexity index is 355. The Balaban J connectivity index is 1.52. The highest BCUT2D eigenvalue weighted by molar-refractivity contribution is 5.76. The van der Waals surface area contributed by atoms with Gasteiger partial charge in [0.25, 0.3) is 0 Å². The van der Waals surface area contributed by atoms with Crippen molar-refractivity contribution in [3.63, 3.8) is 0 Å². The van der Waals surface area contributed by atoms with Gasteiger partial charge in [0.05, 0.1) is 0 Å². The highest BCUT2D eigenvalue weighted by atomic mass is 16.2. The average Bonchev–Trinajstić information content (AvgIpc) is 2.47. The number of amides is 1. The van der Waals surface area contributed by atoms with Gasteiger partial charge in [0, 0.05) is 19.5 Å². The van der Waals surface area contributed by atoms with Gasteiger partial charge >= 0.3 is 0 Å². The molecule has 2 saturated heterocycles. The van der Waals surface area contributed by atoms with Crippen LogP contribution in [-0.2, 0) is 4.79 Å².